The van der Waals surface area contributed by atoms with E-state index in [1.165, 1.54) is 6.07 Å². The van der Waals surface area contributed by atoms with Crippen molar-refractivity contribution in [3.63, 3.8) is 0 Å². The zero-order valence-corrected chi connectivity index (χ0v) is 11.6. The lowest BCUT2D eigenvalue weighted by Gasteiger charge is -2.27. The molecule has 1 fully saturated rings. The lowest BCUT2D eigenvalue weighted by atomic mass is 10.1. The lowest BCUT2D eigenvalue weighted by molar-refractivity contribution is -0.138. The zero-order valence-electron chi connectivity index (χ0n) is 10.7. The molecular weight excluding hydrogens is 293 g/mol. The fourth-order valence-corrected chi connectivity index (χ4v) is 2.06. The molecule has 1 amide bonds. The smallest absolute Gasteiger partial charge is 0.340 e. The molecule has 1 aromatic rings. The van der Waals surface area contributed by atoms with E-state index in [2.05, 4.69) is 5.32 Å². The number of carbonyl (C=O) groups excluding carboxylic acids is 1. The number of rotatable bonds is 2. The van der Waals surface area contributed by atoms with Crippen LogP contribution in [0.1, 0.15) is 11.1 Å². The van der Waals surface area contributed by atoms with E-state index in [4.69, 9.17) is 0 Å². The van der Waals surface area contributed by atoms with Gasteiger partial charge in [0.2, 0.25) is 5.91 Å². The Kier molecular flexibility index (Phi) is 5.83. The third-order valence-corrected chi connectivity index (χ3v) is 3.08. The number of nitrogens with zero attached hydrogens (tertiary/aromatic N) is 1. The topological polar surface area (TPSA) is 32.3 Å². The third-order valence-electron chi connectivity index (χ3n) is 3.08. The average Bonchev–Trinajstić information content (AvgIpc) is 2.39. The molecule has 112 valence electrons. The zero-order chi connectivity index (χ0) is 13.9. The van der Waals surface area contributed by atoms with E-state index in [0.717, 1.165) is 25.2 Å². The lowest BCUT2D eigenvalue weighted by Crippen LogP contribution is -2.46. The normalized spacial score (nSPS) is 15.7. The molecule has 0 saturated carbocycles. The molecule has 0 unspecified atom stereocenters. The van der Waals surface area contributed by atoms with Crippen molar-refractivity contribution in [2.45, 2.75) is 12.6 Å². The molecule has 1 aliphatic heterocycles. The van der Waals surface area contributed by atoms with Crippen molar-refractivity contribution in [2.24, 2.45) is 0 Å². The second-order valence-corrected chi connectivity index (χ2v) is 4.51. The van der Waals surface area contributed by atoms with Crippen LogP contribution in [-0.2, 0) is 17.4 Å². The first-order valence-electron chi connectivity index (χ1n) is 6.11. The van der Waals surface area contributed by atoms with Crippen LogP contribution in [0.4, 0.5) is 13.2 Å². The summed E-state index contributed by atoms with van der Waals surface area (Å²) in [5.74, 6) is -0.124. The Labute approximate surface area is 121 Å². The van der Waals surface area contributed by atoms with Gasteiger partial charge in [-0.2, -0.15) is 13.2 Å². The van der Waals surface area contributed by atoms with Crippen LogP contribution >= 0.6 is 12.4 Å². The van der Waals surface area contributed by atoms with Crippen molar-refractivity contribution in [1.82, 2.24) is 10.2 Å². The van der Waals surface area contributed by atoms with E-state index >= 15 is 0 Å². The van der Waals surface area contributed by atoms with Crippen molar-refractivity contribution < 1.29 is 18.0 Å². The van der Waals surface area contributed by atoms with Crippen LogP contribution in [0.5, 0.6) is 0 Å². The molecule has 0 bridgehead atoms. The number of hydrogen-bond donors (Lipinski definition) is 1. The molecule has 1 aromatic carbocycles. The van der Waals surface area contributed by atoms with Gasteiger partial charge in [0.1, 0.15) is 0 Å². The van der Waals surface area contributed by atoms with E-state index in [0.29, 0.717) is 18.7 Å². The van der Waals surface area contributed by atoms with E-state index in [1.54, 1.807) is 11.0 Å². The van der Waals surface area contributed by atoms with Crippen LogP contribution in [0.15, 0.2) is 24.3 Å². The molecule has 20 heavy (non-hydrogen) atoms. The van der Waals surface area contributed by atoms with E-state index in [1.807, 2.05) is 0 Å². The minimum Gasteiger partial charge on any atom is -0.340 e. The Balaban J connectivity index is 0.00000200. The Hall–Kier alpha value is -1.27. The maximum Gasteiger partial charge on any atom is 0.416 e. The maximum atomic E-state index is 12.6. The van der Waals surface area contributed by atoms with Gasteiger partial charge in [0, 0.05) is 26.2 Å². The first kappa shape index (κ1) is 16.8. The van der Waals surface area contributed by atoms with Crippen molar-refractivity contribution in [1.29, 1.82) is 0 Å². The molecule has 1 heterocycles. The quantitative estimate of drug-likeness (QED) is 0.907. The maximum absolute atomic E-state index is 12.6. The molecule has 7 heteroatoms. The molecule has 0 spiro atoms. The monoisotopic (exact) mass is 308 g/mol. The van der Waals surface area contributed by atoms with Crippen LogP contribution in [0.25, 0.3) is 0 Å². The summed E-state index contributed by atoms with van der Waals surface area (Å²) in [7, 11) is 0. The summed E-state index contributed by atoms with van der Waals surface area (Å²) in [6, 6.07) is 4.94. The van der Waals surface area contributed by atoms with Gasteiger partial charge in [-0.05, 0) is 11.6 Å². The first-order valence-corrected chi connectivity index (χ1v) is 6.11. The largest absolute Gasteiger partial charge is 0.416 e. The predicted molar refractivity (Wildman–Crippen MR) is 71.8 cm³/mol. The highest BCUT2D eigenvalue weighted by atomic mass is 35.5. The van der Waals surface area contributed by atoms with E-state index in [-0.39, 0.29) is 24.7 Å². The highest BCUT2D eigenvalue weighted by molar-refractivity contribution is 5.85. The van der Waals surface area contributed by atoms with Crippen molar-refractivity contribution >= 4 is 18.3 Å². The van der Waals surface area contributed by atoms with Crippen molar-refractivity contribution in [3.8, 4) is 0 Å². The van der Waals surface area contributed by atoms with Gasteiger partial charge in [-0.15, -0.1) is 12.4 Å². The second kappa shape index (κ2) is 6.95. The molecule has 1 saturated heterocycles. The number of amides is 1. The summed E-state index contributed by atoms with van der Waals surface area (Å²) in [6.45, 7) is 2.68. The average molecular weight is 309 g/mol. The summed E-state index contributed by atoms with van der Waals surface area (Å²) in [6.07, 6.45) is -4.35. The van der Waals surface area contributed by atoms with Crippen molar-refractivity contribution in [3.05, 3.63) is 35.4 Å². The van der Waals surface area contributed by atoms with Crippen LogP contribution in [-0.4, -0.2) is 37.0 Å². The van der Waals surface area contributed by atoms with Gasteiger partial charge in [0.15, 0.2) is 0 Å². The number of alkyl halides is 3. The van der Waals surface area contributed by atoms with Gasteiger partial charge in [0.25, 0.3) is 0 Å². The van der Waals surface area contributed by atoms with Crippen molar-refractivity contribution in [2.75, 3.05) is 26.2 Å². The number of carbonyl (C=O) groups is 1. The Morgan fingerprint density at radius 3 is 2.50 bits per heavy atom. The highest BCUT2D eigenvalue weighted by Crippen LogP contribution is 2.29. The second-order valence-electron chi connectivity index (χ2n) is 4.51. The number of nitrogens with one attached hydrogen (secondary N) is 1. The third kappa shape index (κ3) is 4.38. The van der Waals surface area contributed by atoms with Gasteiger partial charge < -0.3 is 10.2 Å². The minimum absolute atomic E-state index is 0. The standard InChI is InChI=1S/C13H15F3N2O.ClH/c14-13(15,16)11-3-1-2-10(8-11)9-12(19)18-6-4-17-5-7-18;/h1-3,8,17H,4-7,9H2;1H. The summed E-state index contributed by atoms with van der Waals surface area (Å²) < 4.78 is 37.7. The Bertz CT molecular complexity index is 459. The molecule has 1 aliphatic rings. The van der Waals surface area contributed by atoms with Gasteiger partial charge in [-0.3, -0.25) is 4.79 Å². The highest BCUT2D eigenvalue weighted by Gasteiger charge is 2.30. The van der Waals surface area contributed by atoms with Crippen LogP contribution in [0.2, 0.25) is 0 Å². The summed E-state index contributed by atoms with van der Waals surface area (Å²) >= 11 is 0. The molecule has 3 nitrogen and oxygen atoms in total. The van der Waals surface area contributed by atoms with Gasteiger partial charge >= 0.3 is 6.18 Å². The van der Waals surface area contributed by atoms with E-state index < -0.39 is 11.7 Å². The molecule has 2 rings (SSSR count). The van der Waals surface area contributed by atoms with Crippen LogP contribution < -0.4 is 5.32 Å². The fraction of sp³-hybridized carbons (Fsp3) is 0.462. The summed E-state index contributed by atoms with van der Waals surface area (Å²) in [5.41, 5.74) is -0.309. The molecule has 0 atom stereocenters. The summed E-state index contributed by atoms with van der Waals surface area (Å²) in [4.78, 5) is 13.6. The minimum atomic E-state index is -4.37. The molecule has 0 radical (unpaired) electrons. The van der Waals surface area contributed by atoms with Gasteiger partial charge in [-0.25, -0.2) is 0 Å². The Morgan fingerprint density at radius 1 is 1.25 bits per heavy atom. The SMILES string of the molecule is Cl.O=C(Cc1cccc(C(F)(F)F)c1)N1CCNCC1. The number of piperazine rings is 1. The van der Waals surface area contributed by atoms with Crippen LogP contribution in [0.3, 0.4) is 0 Å². The number of benzene rings is 1. The number of halogens is 4. The summed E-state index contributed by atoms with van der Waals surface area (Å²) in [5, 5.41) is 3.12. The Morgan fingerprint density at radius 2 is 1.90 bits per heavy atom. The molecule has 0 aromatic heterocycles. The van der Waals surface area contributed by atoms with Crippen LogP contribution in [0, 0.1) is 0 Å². The molecular formula is C13H16ClF3N2O. The van der Waals surface area contributed by atoms with E-state index in [9.17, 15) is 18.0 Å². The number of hydrogen-bond acceptors (Lipinski definition) is 2. The fourth-order valence-electron chi connectivity index (χ4n) is 2.06. The predicted octanol–water partition coefficient (Wildman–Crippen LogP) is 2.10. The van der Waals surface area contributed by atoms with Gasteiger partial charge in [0.05, 0.1) is 12.0 Å². The molecule has 1 N–H and O–H groups in total. The first-order chi connectivity index (χ1) is 8.97. The van der Waals surface area contributed by atoms with Gasteiger partial charge in [-0.1, -0.05) is 18.2 Å². The molecule has 0 aliphatic carbocycles.